The van der Waals surface area contributed by atoms with E-state index in [0.717, 1.165) is 48.5 Å². The molecule has 4 aromatic rings. The van der Waals surface area contributed by atoms with Gasteiger partial charge in [0, 0.05) is 50.0 Å². The first-order valence-corrected chi connectivity index (χ1v) is 11.9. The molecule has 4 heterocycles. The van der Waals surface area contributed by atoms with Gasteiger partial charge in [0.25, 0.3) is 5.91 Å². The van der Waals surface area contributed by atoms with E-state index in [4.69, 9.17) is 0 Å². The highest BCUT2D eigenvalue weighted by Crippen LogP contribution is 2.32. The smallest absolute Gasteiger partial charge is 0.275 e. The van der Waals surface area contributed by atoms with Crippen molar-refractivity contribution < 1.29 is 4.79 Å². The molecule has 0 atom stereocenters. The Balaban J connectivity index is 1.25. The van der Waals surface area contributed by atoms with Crippen LogP contribution in [0.5, 0.6) is 0 Å². The summed E-state index contributed by atoms with van der Waals surface area (Å²) in [6.07, 6.45) is 3.38. The monoisotopic (exact) mass is 461 g/mol. The maximum Gasteiger partial charge on any atom is 0.275 e. The van der Waals surface area contributed by atoms with Gasteiger partial charge in [0.2, 0.25) is 0 Å². The van der Waals surface area contributed by atoms with Crippen molar-refractivity contribution in [3.8, 4) is 0 Å². The lowest BCUT2D eigenvalue weighted by Gasteiger charge is -2.32. The minimum absolute atomic E-state index is 0.253. The Hall–Kier alpha value is -3.27. The fraction of sp³-hybridized carbons (Fsp3) is 0.292. The number of benzene rings is 1. The number of amides is 1. The van der Waals surface area contributed by atoms with Crippen LogP contribution in [0.4, 0.5) is 17.2 Å². The van der Waals surface area contributed by atoms with Crippen molar-refractivity contribution in [1.82, 2.24) is 25.0 Å². The predicted octanol–water partition coefficient (Wildman–Crippen LogP) is 4.07. The summed E-state index contributed by atoms with van der Waals surface area (Å²) in [5.41, 5.74) is 4.15. The van der Waals surface area contributed by atoms with E-state index in [1.54, 1.807) is 23.7 Å². The molecule has 1 saturated heterocycles. The third-order valence-corrected chi connectivity index (χ3v) is 7.14. The number of thiophene rings is 1. The summed E-state index contributed by atoms with van der Waals surface area (Å²) >= 11 is 1.63. The van der Waals surface area contributed by atoms with Crippen molar-refractivity contribution in [1.29, 1.82) is 0 Å². The summed E-state index contributed by atoms with van der Waals surface area (Å²) in [5.74, 6) is 0.464. The second kappa shape index (κ2) is 9.30. The van der Waals surface area contributed by atoms with Gasteiger partial charge in [0.05, 0.1) is 16.6 Å². The normalized spacial score (nSPS) is 15.1. The number of fused-ring (bicyclic) bond motifs is 1. The fourth-order valence-corrected chi connectivity index (χ4v) is 5.00. The van der Waals surface area contributed by atoms with Crippen molar-refractivity contribution >= 4 is 44.5 Å². The molecule has 0 aliphatic carbocycles. The second-order valence-corrected chi connectivity index (χ2v) is 9.35. The summed E-state index contributed by atoms with van der Waals surface area (Å²) in [4.78, 5) is 22.2. The Morgan fingerprint density at radius 3 is 2.73 bits per heavy atom. The van der Waals surface area contributed by atoms with Crippen molar-refractivity contribution in [3.63, 3.8) is 0 Å². The molecule has 0 saturated carbocycles. The molecule has 170 valence electrons. The van der Waals surface area contributed by atoms with Crippen LogP contribution in [-0.4, -0.2) is 64.1 Å². The molecule has 0 spiro atoms. The van der Waals surface area contributed by atoms with Gasteiger partial charge in [-0.1, -0.05) is 12.1 Å². The predicted molar refractivity (Wildman–Crippen MR) is 133 cm³/mol. The number of likely N-dealkylation sites (N-methyl/N-ethyl adjacent to an activating group) is 1. The van der Waals surface area contributed by atoms with E-state index in [1.165, 1.54) is 11.1 Å². The number of aryl methyl sites for hydroxylation is 1. The first-order valence-electron chi connectivity index (χ1n) is 11.0. The molecular weight excluding hydrogens is 434 g/mol. The standard InChI is InChI=1S/C24H27N7OS/c1-16-15-33-22-19(16)7-8-25-23(22)28-20-13-26-29-21(20)24(32)27-18-5-3-17(4-6-18)14-31-11-9-30(2)10-12-31/h3-8,13,15H,9-12,14H2,1-2H3,(H,25,28)(H,26,29)(H,27,32). The maximum atomic E-state index is 12.9. The first-order chi connectivity index (χ1) is 16.1. The number of carbonyl (C=O) groups excluding carboxylic acids is 1. The molecule has 3 N–H and O–H groups in total. The van der Waals surface area contributed by atoms with Crippen LogP contribution in [0.3, 0.4) is 0 Å². The summed E-state index contributed by atoms with van der Waals surface area (Å²) < 4.78 is 1.05. The largest absolute Gasteiger partial charge is 0.336 e. The van der Waals surface area contributed by atoms with Crippen LogP contribution >= 0.6 is 11.3 Å². The quantitative estimate of drug-likeness (QED) is 0.401. The lowest BCUT2D eigenvalue weighted by Crippen LogP contribution is -2.43. The Kier molecular flexibility index (Phi) is 6.08. The highest BCUT2D eigenvalue weighted by Gasteiger charge is 2.17. The van der Waals surface area contributed by atoms with Crippen molar-refractivity contribution in [2.45, 2.75) is 13.5 Å². The average Bonchev–Trinajstić information content (AvgIpc) is 3.44. The zero-order chi connectivity index (χ0) is 22.8. The van der Waals surface area contributed by atoms with Gasteiger partial charge >= 0.3 is 0 Å². The van der Waals surface area contributed by atoms with E-state index in [2.05, 4.69) is 67.1 Å². The summed E-state index contributed by atoms with van der Waals surface area (Å²) in [5, 5.41) is 16.4. The van der Waals surface area contributed by atoms with Crippen LogP contribution in [0.25, 0.3) is 10.1 Å². The number of nitrogens with one attached hydrogen (secondary N) is 3. The molecular formula is C24H27N7OS. The minimum Gasteiger partial charge on any atom is -0.336 e. The van der Waals surface area contributed by atoms with Gasteiger partial charge in [-0.25, -0.2) is 4.98 Å². The highest BCUT2D eigenvalue weighted by molar-refractivity contribution is 7.18. The Bertz CT molecular complexity index is 1260. The van der Waals surface area contributed by atoms with Crippen LogP contribution in [0, 0.1) is 6.92 Å². The van der Waals surface area contributed by atoms with Gasteiger partial charge in [-0.05, 0) is 48.7 Å². The molecule has 1 aliphatic rings. The van der Waals surface area contributed by atoms with Gasteiger partial charge in [-0.3, -0.25) is 14.8 Å². The van der Waals surface area contributed by atoms with Gasteiger partial charge in [-0.2, -0.15) is 5.10 Å². The number of carbonyl (C=O) groups is 1. The molecule has 1 aromatic carbocycles. The van der Waals surface area contributed by atoms with E-state index in [1.807, 2.05) is 18.2 Å². The van der Waals surface area contributed by atoms with Crippen molar-refractivity contribution in [3.05, 3.63) is 64.9 Å². The van der Waals surface area contributed by atoms with Crippen LogP contribution in [0.2, 0.25) is 0 Å². The third kappa shape index (κ3) is 4.75. The highest BCUT2D eigenvalue weighted by atomic mass is 32.1. The average molecular weight is 462 g/mol. The number of hydrogen-bond donors (Lipinski definition) is 3. The van der Waals surface area contributed by atoms with Crippen LogP contribution in [0.15, 0.2) is 48.1 Å². The van der Waals surface area contributed by atoms with Gasteiger partial charge in [-0.15, -0.1) is 11.3 Å². The number of rotatable bonds is 6. The van der Waals surface area contributed by atoms with Gasteiger partial charge in [0.1, 0.15) is 11.5 Å². The molecule has 0 bridgehead atoms. The third-order valence-electron chi connectivity index (χ3n) is 6.02. The molecule has 9 heteroatoms. The second-order valence-electron chi connectivity index (χ2n) is 8.47. The minimum atomic E-state index is -0.253. The molecule has 1 aliphatic heterocycles. The van der Waals surface area contributed by atoms with Crippen molar-refractivity contribution in [2.24, 2.45) is 0 Å². The number of pyridine rings is 1. The van der Waals surface area contributed by atoms with E-state index >= 15 is 0 Å². The molecule has 3 aromatic heterocycles. The van der Waals surface area contributed by atoms with Crippen LogP contribution in [0.1, 0.15) is 21.6 Å². The summed E-state index contributed by atoms with van der Waals surface area (Å²) in [6, 6.07) is 10.0. The van der Waals surface area contributed by atoms with Crippen LogP contribution < -0.4 is 10.6 Å². The van der Waals surface area contributed by atoms with E-state index in [9.17, 15) is 4.79 Å². The molecule has 1 fully saturated rings. The lowest BCUT2D eigenvalue weighted by molar-refractivity contribution is 0.102. The fourth-order valence-electron chi connectivity index (χ4n) is 4.01. The molecule has 0 radical (unpaired) electrons. The number of piperazine rings is 1. The van der Waals surface area contributed by atoms with Gasteiger partial charge < -0.3 is 15.5 Å². The van der Waals surface area contributed by atoms with E-state index in [0.29, 0.717) is 17.2 Å². The van der Waals surface area contributed by atoms with Gasteiger partial charge in [0.15, 0.2) is 0 Å². The molecule has 5 rings (SSSR count). The summed E-state index contributed by atoms with van der Waals surface area (Å²) in [6.45, 7) is 7.37. The van der Waals surface area contributed by atoms with E-state index in [-0.39, 0.29) is 5.91 Å². The first kappa shape index (κ1) is 21.6. The molecule has 1 amide bonds. The summed E-state index contributed by atoms with van der Waals surface area (Å²) in [7, 11) is 2.16. The number of nitrogens with zero attached hydrogens (tertiary/aromatic N) is 4. The Morgan fingerprint density at radius 1 is 1.15 bits per heavy atom. The maximum absolute atomic E-state index is 12.9. The van der Waals surface area contributed by atoms with Crippen molar-refractivity contribution in [2.75, 3.05) is 43.9 Å². The Labute approximate surface area is 196 Å². The number of anilines is 3. The Morgan fingerprint density at radius 2 is 1.94 bits per heavy atom. The lowest BCUT2D eigenvalue weighted by atomic mass is 10.1. The molecule has 33 heavy (non-hydrogen) atoms. The number of H-pyrrole nitrogens is 1. The number of hydrogen-bond acceptors (Lipinski definition) is 7. The zero-order valence-corrected chi connectivity index (χ0v) is 19.6. The number of aromatic nitrogens is 3. The SMILES string of the molecule is Cc1csc2c(Nc3cn[nH]c3C(=O)Nc3ccc(CN4CCN(C)CC4)cc3)nccc12. The molecule has 0 unspecified atom stereocenters. The zero-order valence-electron chi connectivity index (χ0n) is 18.8. The van der Waals surface area contributed by atoms with E-state index < -0.39 is 0 Å². The number of aromatic amines is 1. The molecule has 8 nitrogen and oxygen atoms in total. The van der Waals surface area contributed by atoms with Crippen LogP contribution in [-0.2, 0) is 6.54 Å². The topological polar surface area (TPSA) is 89.2 Å².